The second-order valence-corrected chi connectivity index (χ2v) is 21.7. The molecule has 9 heterocycles. The largest absolute Gasteiger partial charge is 0.374 e. The number of anilines is 5. The molecule has 0 saturated heterocycles. The summed E-state index contributed by atoms with van der Waals surface area (Å²) in [6.45, 7) is 0. The summed E-state index contributed by atoms with van der Waals surface area (Å²) in [5, 5.41) is 17.2. The fraction of sp³-hybridized carbons (Fsp3) is 0.429. The lowest BCUT2D eigenvalue weighted by atomic mass is 9.89. The normalized spacial score (nSPS) is 18.4. The molecule has 3 fully saturated rings. The Morgan fingerprint density at radius 2 is 0.857 bits per heavy atom. The van der Waals surface area contributed by atoms with Gasteiger partial charge in [-0.1, -0.05) is 54.1 Å². The Balaban J connectivity index is 0.000000124. The standard InChI is InChI=1S/2C14H14ClN5O2S.C12H12BrClN2O2.C2H3N3S/c2*15-8-6-9(18-13-16-7-17-23-13)12(22)20-10(8)11(21)19-14(20)4-2-1-3-5-14;13-7-6-8(14)9-10(17)15-12(16(9)11(7)18)4-2-1-3-5-12;3-2-4-1-5-6-2/h2*6-7H,1-5H2,(H,19,21)(H,16,17,18);6H,1-5H2,(H,15,17);1H,(H2,3,4,5). The maximum atomic E-state index is 13.0. The number of aromatic nitrogens is 9. The van der Waals surface area contributed by atoms with E-state index in [9.17, 15) is 28.8 Å². The smallest absolute Gasteiger partial charge is 0.276 e. The molecule has 3 saturated carbocycles. The van der Waals surface area contributed by atoms with Crippen LogP contribution >= 0.6 is 85.3 Å². The summed E-state index contributed by atoms with van der Waals surface area (Å²) < 4.78 is 16.5. The minimum absolute atomic E-state index is 0.186. The Bertz CT molecular complexity index is 2990. The van der Waals surface area contributed by atoms with E-state index in [1.165, 1.54) is 48.7 Å². The SMILES string of the molecule is Nc1ncns1.O=C1NC2(CCCCC2)n2c1c(Cl)cc(Br)c2=O.O=C1NC2(CCCCC2)n2c1c(Cl)cc(Nc1ncns1)c2=O.O=C1NC2(CCCCC2)n2c1c(Cl)cc(Nc1ncns1)c2=O. The molecule has 7 N–H and O–H groups in total. The molecule has 3 amide bonds. The second kappa shape index (κ2) is 20.4. The Morgan fingerprint density at radius 1 is 0.514 bits per heavy atom. The number of nitrogens with two attached hydrogens (primary N) is 1. The average Bonchev–Trinajstić information content (AvgIpc) is 4.22. The van der Waals surface area contributed by atoms with Crippen molar-refractivity contribution in [3.05, 3.63) is 105 Å². The minimum atomic E-state index is -0.649. The van der Waals surface area contributed by atoms with Crippen LogP contribution in [0.5, 0.6) is 0 Å². The summed E-state index contributed by atoms with van der Waals surface area (Å²) in [7, 11) is 0. The molecular weight excluding hydrogens is 1090 g/mol. The van der Waals surface area contributed by atoms with Crippen LogP contribution in [0.3, 0.4) is 0 Å². The van der Waals surface area contributed by atoms with Crippen LogP contribution < -0.4 is 49.0 Å². The summed E-state index contributed by atoms with van der Waals surface area (Å²) in [4.78, 5) is 86.6. The zero-order valence-electron chi connectivity index (χ0n) is 36.9. The van der Waals surface area contributed by atoms with Crippen molar-refractivity contribution in [2.24, 2.45) is 0 Å². The van der Waals surface area contributed by atoms with Crippen molar-refractivity contribution in [1.82, 2.24) is 57.7 Å². The van der Waals surface area contributed by atoms with Gasteiger partial charge >= 0.3 is 0 Å². The average molecular weight is 1140 g/mol. The molecule has 70 heavy (non-hydrogen) atoms. The molecule has 3 aliphatic heterocycles. The van der Waals surface area contributed by atoms with E-state index in [2.05, 4.69) is 70.6 Å². The maximum absolute atomic E-state index is 13.0. The van der Waals surface area contributed by atoms with Crippen molar-refractivity contribution < 1.29 is 14.4 Å². The number of hydrogen-bond donors (Lipinski definition) is 6. The van der Waals surface area contributed by atoms with Crippen LogP contribution in [0.15, 0.2) is 56.0 Å². The highest BCUT2D eigenvalue weighted by atomic mass is 79.9. The summed E-state index contributed by atoms with van der Waals surface area (Å²) in [6, 6.07) is 4.47. The Kier molecular flexibility index (Phi) is 14.5. The molecule has 0 bridgehead atoms. The van der Waals surface area contributed by atoms with Crippen LogP contribution in [0.25, 0.3) is 0 Å². The Morgan fingerprint density at radius 3 is 1.17 bits per heavy atom. The number of amides is 3. The highest BCUT2D eigenvalue weighted by Gasteiger charge is 2.48. The van der Waals surface area contributed by atoms with Gasteiger partial charge in [0.2, 0.25) is 10.3 Å². The van der Waals surface area contributed by atoms with Gasteiger partial charge in [-0.15, -0.1) is 0 Å². The number of fused-ring (bicyclic) bond motifs is 6. The van der Waals surface area contributed by atoms with E-state index >= 15 is 0 Å². The number of carbonyl (C=O) groups excluding carboxylic acids is 3. The van der Waals surface area contributed by atoms with Crippen molar-refractivity contribution >= 4 is 130 Å². The van der Waals surface area contributed by atoms with Crippen molar-refractivity contribution in [2.45, 2.75) is 113 Å². The topological polar surface area (TPSA) is 281 Å². The van der Waals surface area contributed by atoms with Gasteiger partial charge in [0.15, 0.2) is 5.13 Å². The number of nitrogens with one attached hydrogen (secondary N) is 5. The van der Waals surface area contributed by atoms with Gasteiger partial charge in [0.05, 0.1) is 19.5 Å². The van der Waals surface area contributed by atoms with Gasteiger partial charge in [-0.3, -0.25) is 42.5 Å². The quantitative estimate of drug-likeness (QED) is 0.0988. The Labute approximate surface area is 433 Å². The lowest BCUT2D eigenvalue weighted by molar-refractivity contribution is 0.0867. The van der Waals surface area contributed by atoms with Gasteiger partial charge in [0, 0.05) is 34.6 Å². The zero-order chi connectivity index (χ0) is 49.4. The summed E-state index contributed by atoms with van der Waals surface area (Å²) in [5.74, 6) is -0.806. The second-order valence-electron chi connectivity index (χ2n) is 17.3. The first-order valence-electron chi connectivity index (χ1n) is 22.3. The van der Waals surface area contributed by atoms with Gasteiger partial charge in [0.1, 0.15) is 64.4 Å². The van der Waals surface area contributed by atoms with E-state index in [0.717, 1.165) is 119 Å². The third-order valence-electron chi connectivity index (χ3n) is 13.0. The molecule has 0 aromatic carbocycles. The molecule has 6 aromatic heterocycles. The molecule has 28 heteroatoms. The monoisotopic (exact) mass is 1130 g/mol. The van der Waals surface area contributed by atoms with Gasteiger partial charge in [-0.05, 0) is 111 Å². The van der Waals surface area contributed by atoms with Crippen LogP contribution in [-0.4, -0.2) is 59.5 Å². The molecule has 0 unspecified atom stereocenters. The predicted octanol–water partition coefficient (Wildman–Crippen LogP) is 7.66. The number of pyridine rings is 3. The van der Waals surface area contributed by atoms with Crippen LogP contribution in [0, 0.1) is 0 Å². The number of rotatable bonds is 4. The lowest BCUT2D eigenvalue weighted by Crippen LogP contribution is -2.48. The van der Waals surface area contributed by atoms with Gasteiger partial charge in [0.25, 0.3) is 34.4 Å². The number of nitrogen functional groups attached to an aromatic ring is 1. The molecule has 12 rings (SSSR count). The number of hydrogen-bond acceptors (Lipinski definition) is 18. The minimum Gasteiger partial charge on any atom is -0.374 e. The molecule has 21 nitrogen and oxygen atoms in total. The molecule has 6 aromatic rings. The van der Waals surface area contributed by atoms with Gasteiger partial charge in [-0.2, -0.15) is 13.1 Å². The molecule has 6 aliphatic rings. The molecule has 0 radical (unpaired) electrons. The molecule has 3 aliphatic carbocycles. The number of carbonyl (C=O) groups is 3. The molecule has 3 spiro atoms. The first-order valence-corrected chi connectivity index (χ1v) is 26.5. The van der Waals surface area contributed by atoms with E-state index in [4.69, 9.17) is 40.5 Å². The van der Waals surface area contributed by atoms with E-state index in [1.54, 1.807) is 13.7 Å². The predicted molar refractivity (Wildman–Crippen MR) is 271 cm³/mol. The number of halogens is 4. The highest BCUT2D eigenvalue weighted by molar-refractivity contribution is 9.10. The zero-order valence-corrected chi connectivity index (χ0v) is 43.2. The van der Waals surface area contributed by atoms with Crippen LogP contribution in [-0.2, 0) is 17.0 Å². The first-order chi connectivity index (χ1) is 33.7. The van der Waals surface area contributed by atoms with E-state index in [0.29, 0.717) is 42.0 Å². The maximum Gasteiger partial charge on any atom is 0.276 e. The lowest BCUT2D eigenvalue weighted by Gasteiger charge is -2.35. The van der Waals surface area contributed by atoms with Gasteiger partial charge < -0.3 is 32.3 Å². The van der Waals surface area contributed by atoms with E-state index in [-0.39, 0.29) is 55.8 Å². The molecule has 368 valence electrons. The van der Waals surface area contributed by atoms with Crippen LogP contribution in [0.2, 0.25) is 15.1 Å². The van der Waals surface area contributed by atoms with Crippen molar-refractivity contribution in [3.63, 3.8) is 0 Å². The highest BCUT2D eigenvalue weighted by Crippen LogP contribution is 2.41. The molecular formula is C42H43BrCl3N15O6S3. The van der Waals surface area contributed by atoms with Crippen molar-refractivity contribution in [2.75, 3.05) is 16.4 Å². The summed E-state index contributed by atoms with van der Waals surface area (Å²) in [6.07, 6.45) is 18.1. The van der Waals surface area contributed by atoms with Crippen molar-refractivity contribution in [3.8, 4) is 0 Å². The first kappa shape index (κ1) is 49.7. The van der Waals surface area contributed by atoms with E-state index < -0.39 is 17.0 Å². The third-order valence-corrected chi connectivity index (χ3v) is 16.1. The fourth-order valence-electron chi connectivity index (χ4n) is 10.1. The third kappa shape index (κ3) is 9.47. The van der Waals surface area contributed by atoms with Gasteiger partial charge in [-0.25, -0.2) is 15.0 Å². The fourth-order valence-corrected chi connectivity index (χ4v) is 12.6. The number of nitrogens with zero attached hydrogens (tertiary/aromatic N) is 9. The Hall–Kier alpha value is -5.31. The van der Waals surface area contributed by atoms with Crippen molar-refractivity contribution in [1.29, 1.82) is 0 Å². The summed E-state index contributed by atoms with van der Waals surface area (Å²) >= 11 is 25.4. The summed E-state index contributed by atoms with van der Waals surface area (Å²) in [5.41, 5.74) is 3.96. The molecule has 0 atom stereocenters. The van der Waals surface area contributed by atoms with E-state index in [1.807, 2.05) is 0 Å². The van der Waals surface area contributed by atoms with Crippen LogP contribution in [0.1, 0.15) is 128 Å². The van der Waals surface area contributed by atoms with Crippen LogP contribution in [0.4, 0.5) is 26.8 Å².